The Balaban J connectivity index is 1.62. The summed E-state index contributed by atoms with van der Waals surface area (Å²) in [4.78, 5) is 0. The van der Waals surface area contributed by atoms with Gasteiger partial charge >= 0.3 is 0 Å². The van der Waals surface area contributed by atoms with E-state index in [1.54, 1.807) is 0 Å². The van der Waals surface area contributed by atoms with Gasteiger partial charge in [0, 0.05) is 5.69 Å². The molecule has 2 nitrogen and oxygen atoms in total. The summed E-state index contributed by atoms with van der Waals surface area (Å²) in [6.07, 6.45) is 2.39. The molecule has 3 heteroatoms. The molecule has 0 aromatic heterocycles. The summed E-state index contributed by atoms with van der Waals surface area (Å²) in [7, 11) is 0. The van der Waals surface area contributed by atoms with Crippen LogP contribution in [0.5, 0.6) is 0 Å². The number of nitrogens with two attached hydrogens (primary N) is 1. The number of rotatable bonds is 5. The van der Waals surface area contributed by atoms with Crippen LogP contribution in [-0.2, 0) is 11.2 Å². The third-order valence-corrected chi connectivity index (χ3v) is 3.82. The number of anilines is 1. The zero-order valence-corrected chi connectivity index (χ0v) is 9.63. The Morgan fingerprint density at radius 3 is 2.60 bits per heavy atom. The minimum Gasteiger partial charge on any atom is -0.399 e. The molecule has 0 radical (unpaired) electrons. The highest BCUT2D eigenvalue weighted by Crippen LogP contribution is 2.20. The summed E-state index contributed by atoms with van der Waals surface area (Å²) in [6, 6.07) is 8.18. The lowest BCUT2D eigenvalue weighted by molar-refractivity contribution is 0.0455. The van der Waals surface area contributed by atoms with E-state index in [4.69, 9.17) is 10.5 Å². The zero-order chi connectivity index (χ0) is 10.5. The summed E-state index contributed by atoms with van der Waals surface area (Å²) in [5.74, 6) is 1.23. The van der Waals surface area contributed by atoms with Crippen molar-refractivity contribution in [3.05, 3.63) is 29.8 Å². The van der Waals surface area contributed by atoms with Crippen molar-refractivity contribution in [3.8, 4) is 0 Å². The van der Waals surface area contributed by atoms with Crippen molar-refractivity contribution < 1.29 is 4.74 Å². The summed E-state index contributed by atoms with van der Waals surface area (Å²) in [5.41, 5.74) is 7.86. The second-order valence-electron chi connectivity index (χ2n) is 3.88. The zero-order valence-electron chi connectivity index (χ0n) is 8.82. The fourth-order valence-electron chi connectivity index (χ4n) is 1.52. The van der Waals surface area contributed by atoms with Gasteiger partial charge in [0.15, 0.2) is 0 Å². The topological polar surface area (TPSA) is 35.2 Å². The third-order valence-electron chi connectivity index (χ3n) is 2.55. The molecule has 1 fully saturated rings. The van der Waals surface area contributed by atoms with Crippen LogP contribution in [0.4, 0.5) is 5.69 Å². The number of hydrogen-bond acceptors (Lipinski definition) is 3. The molecule has 0 amide bonds. The van der Waals surface area contributed by atoms with Crippen LogP contribution in [0.25, 0.3) is 0 Å². The highest BCUT2D eigenvalue weighted by Gasteiger charge is 2.17. The van der Waals surface area contributed by atoms with Crippen LogP contribution in [-0.4, -0.2) is 24.2 Å². The number of nitrogen functional groups attached to an aromatic ring is 1. The average molecular weight is 223 g/mol. The monoisotopic (exact) mass is 223 g/mol. The number of hydrogen-bond donors (Lipinski definition) is 1. The fourth-order valence-corrected chi connectivity index (χ4v) is 2.55. The number of aryl methyl sites for hydroxylation is 1. The second kappa shape index (κ2) is 5.42. The molecule has 2 rings (SSSR count). The van der Waals surface area contributed by atoms with E-state index in [0.717, 1.165) is 30.6 Å². The van der Waals surface area contributed by atoms with Crippen molar-refractivity contribution in [2.45, 2.75) is 18.1 Å². The molecule has 0 bridgehead atoms. The quantitative estimate of drug-likeness (QED) is 0.614. The van der Waals surface area contributed by atoms with Gasteiger partial charge < -0.3 is 10.5 Å². The van der Waals surface area contributed by atoms with Crippen LogP contribution >= 0.6 is 11.8 Å². The normalized spacial score (nSPS) is 16.3. The predicted octanol–water partition coefficient (Wildman–Crippen LogP) is 2.33. The molecular weight excluding hydrogens is 206 g/mol. The van der Waals surface area contributed by atoms with Crippen molar-refractivity contribution >= 4 is 17.4 Å². The largest absolute Gasteiger partial charge is 0.399 e. The minimum atomic E-state index is 0.761. The summed E-state index contributed by atoms with van der Waals surface area (Å²) >= 11 is 2.04. The van der Waals surface area contributed by atoms with E-state index >= 15 is 0 Å². The molecule has 0 unspecified atom stereocenters. The van der Waals surface area contributed by atoms with Crippen LogP contribution in [0.2, 0.25) is 0 Å². The van der Waals surface area contributed by atoms with E-state index < -0.39 is 0 Å². The van der Waals surface area contributed by atoms with E-state index in [1.807, 2.05) is 23.9 Å². The summed E-state index contributed by atoms with van der Waals surface area (Å²) < 4.78 is 5.13. The molecule has 82 valence electrons. The lowest BCUT2D eigenvalue weighted by Crippen LogP contribution is -2.30. The predicted molar refractivity (Wildman–Crippen MR) is 66.2 cm³/mol. The molecule has 15 heavy (non-hydrogen) atoms. The van der Waals surface area contributed by atoms with Gasteiger partial charge in [0.25, 0.3) is 0 Å². The van der Waals surface area contributed by atoms with Gasteiger partial charge in [-0.1, -0.05) is 12.1 Å². The maximum Gasteiger partial charge on any atom is 0.0607 e. The van der Waals surface area contributed by atoms with E-state index in [9.17, 15) is 0 Å². The molecule has 1 aromatic carbocycles. The van der Waals surface area contributed by atoms with Crippen LogP contribution in [0.1, 0.15) is 12.0 Å². The van der Waals surface area contributed by atoms with Crippen molar-refractivity contribution in [2.24, 2.45) is 0 Å². The number of ether oxygens (including phenoxy) is 1. The van der Waals surface area contributed by atoms with Crippen molar-refractivity contribution in [3.63, 3.8) is 0 Å². The van der Waals surface area contributed by atoms with Crippen LogP contribution in [0.3, 0.4) is 0 Å². The van der Waals surface area contributed by atoms with Gasteiger partial charge in [0.1, 0.15) is 0 Å². The Kier molecular flexibility index (Phi) is 3.92. The Morgan fingerprint density at radius 2 is 2.00 bits per heavy atom. The van der Waals surface area contributed by atoms with Gasteiger partial charge in [-0.3, -0.25) is 0 Å². The lowest BCUT2D eigenvalue weighted by atomic mass is 10.1. The van der Waals surface area contributed by atoms with Crippen LogP contribution in [0.15, 0.2) is 24.3 Å². The first-order valence-corrected chi connectivity index (χ1v) is 6.43. The first kappa shape index (κ1) is 10.8. The van der Waals surface area contributed by atoms with Crippen LogP contribution < -0.4 is 5.73 Å². The molecule has 1 aliphatic rings. The molecule has 0 aliphatic carbocycles. The van der Waals surface area contributed by atoms with Crippen LogP contribution in [0, 0.1) is 0 Å². The Morgan fingerprint density at radius 1 is 1.27 bits per heavy atom. The van der Waals surface area contributed by atoms with E-state index in [-0.39, 0.29) is 0 Å². The van der Waals surface area contributed by atoms with Gasteiger partial charge in [-0.05, 0) is 36.3 Å². The van der Waals surface area contributed by atoms with Gasteiger partial charge in [-0.15, -0.1) is 0 Å². The van der Waals surface area contributed by atoms with E-state index in [0.29, 0.717) is 0 Å². The van der Waals surface area contributed by atoms with Crippen molar-refractivity contribution in [2.75, 3.05) is 24.7 Å². The first-order valence-electron chi connectivity index (χ1n) is 5.38. The maximum absolute atomic E-state index is 5.63. The maximum atomic E-state index is 5.63. The van der Waals surface area contributed by atoms with Gasteiger partial charge in [-0.25, -0.2) is 0 Å². The lowest BCUT2D eigenvalue weighted by Gasteiger charge is -2.25. The molecule has 2 N–H and O–H groups in total. The van der Waals surface area contributed by atoms with Crippen molar-refractivity contribution in [1.82, 2.24) is 0 Å². The highest BCUT2D eigenvalue weighted by molar-refractivity contribution is 8.00. The number of thioether (sulfide) groups is 1. The van der Waals surface area contributed by atoms with Gasteiger partial charge in [0.2, 0.25) is 0 Å². The minimum absolute atomic E-state index is 0.761. The second-order valence-corrected chi connectivity index (χ2v) is 5.28. The Hall–Kier alpha value is -0.670. The molecule has 1 aliphatic heterocycles. The smallest absolute Gasteiger partial charge is 0.0607 e. The number of benzene rings is 1. The van der Waals surface area contributed by atoms with Crippen molar-refractivity contribution in [1.29, 1.82) is 0 Å². The molecular formula is C12H17NOS. The van der Waals surface area contributed by atoms with E-state index in [2.05, 4.69) is 12.1 Å². The van der Waals surface area contributed by atoms with E-state index in [1.165, 1.54) is 17.7 Å². The molecule has 0 spiro atoms. The molecule has 0 saturated carbocycles. The fraction of sp³-hybridized carbons (Fsp3) is 0.500. The molecule has 1 aromatic rings. The SMILES string of the molecule is Nc1ccc(CCCSC2COC2)cc1. The Bertz CT molecular complexity index is 295. The molecule has 1 saturated heterocycles. The highest BCUT2D eigenvalue weighted by atomic mass is 32.2. The third kappa shape index (κ3) is 3.43. The molecule has 1 heterocycles. The average Bonchev–Trinajstić information content (AvgIpc) is 2.18. The van der Waals surface area contributed by atoms with Gasteiger partial charge in [-0.2, -0.15) is 11.8 Å². The standard InChI is InChI=1S/C12H17NOS/c13-11-5-3-10(4-6-11)2-1-7-15-12-8-14-9-12/h3-6,12H,1-2,7-9,13H2. The molecule has 0 atom stereocenters. The first-order chi connectivity index (χ1) is 7.34. The Labute approximate surface area is 95.2 Å². The summed E-state index contributed by atoms with van der Waals surface area (Å²) in [5, 5.41) is 0.761. The van der Waals surface area contributed by atoms with Gasteiger partial charge in [0.05, 0.1) is 18.5 Å². The summed E-state index contributed by atoms with van der Waals surface area (Å²) in [6.45, 7) is 1.90.